The number of rotatable bonds is 1. The fourth-order valence-electron chi connectivity index (χ4n) is 1.23. The summed E-state index contributed by atoms with van der Waals surface area (Å²) in [6.07, 6.45) is 0.0932. The topological polar surface area (TPSA) is 43.4 Å². The van der Waals surface area contributed by atoms with E-state index < -0.39 is 6.10 Å². The van der Waals surface area contributed by atoms with Crippen LogP contribution in [0.15, 0.2) is 0 Å². The zero-order chi connectivity index (χ0) is 9.35. The fraction of sp³-hybridized carbons (Fsp3) is 0.778. The van der Waals surface area contributed by atoms with Crippen molar-refractivity contribution in [3.05, 3.63) is 0 Å². The van der Waals surface area contributed by atoms with Crippen LogP contribution in [-0.2, 0) is 14.3 Å². The number of ketones is 1. The van der Waals surface area contributed by atoms with Crippen LogP contribution in [0.1, 0.15) is 33.6 Å². The van der Waals surface area contributed by atoms with Gasteiger partial charge in [-0.1, -0.05) is 20.8 Å². The maximum Gasteiger partial charge on any atom is 0.314 e. The average Bonchev–Trinajstić information content (AvgIpc) is 2.06. The normalized spacial score (nSPS) is 24.4. The summed E-state index contributed by atoms with van der Waals surface area (Å²) in [4.78, 5) is 21.8. The molecular formula is C9H14O3. The lowest BCUT2D eigenvalue weighted by atomic mass is 9.88. The number of carbonyl (C=O) groups is 2. The highest BCUT2D eigenvalue weighted by Gasteiger charge is 2.35. The lowest BCUT2D eigenvalue weighted by Gasteiger charge is -2.20. The Morgan fingerprint density at radius 3 is 2.33 bits per heavy atom. The molecule has 0 radical (unpaired) electrons. The highest BCUT2D eigenvalue weighted by atomic mass is 16.6. The standard InChI is InChI=1S/C9H14O3/c1-9(2,3)5-7-6(10)4-8(11)12-7/h7H,4-5H2,1-3H3. The summed E-state index contributed by atoms with van der Waals surface area (Å²) in [5.74, 6) is -0.454. The van der Waals surface area contributed by atoms with E-state index in [1.807, 2.05) is 20.8 Å². The first kappa shape index (κ1) is 9.23. The van der Waals surface area contributed by atoms with Gasteiger partial charge in [-0.15, -0.1) is 0 Å². The van der Waals surface area contributed by atoms with Crippen molar-refractivity contribution in [3.63, 3.8) is 0 Å². The Kier molecular flexibility index (Phi) is 2.22. The largest absolute Gasteiger partial charge is 0.454 e. The molecular weight excluding hydrogens is 156 g/mol. The molecule has 1 unspecified atom stereocenters. The second kappa shape index (κ2) is 2.88. The van der Waals surface area contributed by atoms with Crippen molar-refractivity contribution in [3.8, 4) is 0 Å². The lowest BCUT2D eigenvalue weighted by Crippen LogP contribution is -2.22. The van der Waals surface area contributed by atoms with E-state index in [9.17, 15) is 9.59 Å². The predicted molar refractivity (Wildman–Crippen MR) is 43.6 cm³/mol. The van der Waals surface area contributed by atoms with Crippen LogP contribution in [0.4, 0.5) is 0 Å². The quantitative estimate of drug-likeness (QED) is 0.440. The van der Waals surface area contributed by atoms with Gasteiger partial charge in [0.25, 0.3) is 0 Å². The van der Waals surface area contributed by atoms with Crippen molar-refractivity contribution in [2.24, 2.45) is 5.41 Å². The molecule has 1 aliphatic heterocycles. The third kappa shape index (κ3) is 2.32. The van der Waals surface area contributed by atoms with Gasteiger partial charge in [0.15, 0.2) is 11.9 Å². The Balaban J connectivity index is 2.54. The molecule has 0 aromatic rings. The first-order valence-corrected chi connectivity index (χ1v) is 4.11. The summed E-state index contributed by atoms with van der Waals surface area (Å²) >= 11 is 0. The molecule has 0 spiro atoms. The van der Waals surface area contributed by atoms with E-state index in [1.54, 1.807) is 0 Å². The van der Waals surface area contributed by atoms with E-state index in [0.717, 1.165) is 0 Å². The Bertz CT molecular complexity index is 212. The van der Waals surface area contributed by atoms with Crippen molar-refractivity contribution < 1.29 is 14.3 Å². The molecule has 3 nitrogen and oxygen atoms in total. The van der Waals surface area contributed by atoms with E-state index in [2.05, 4.69) is 0 Å². The number of esters is 1. The highest BCUT2D eigenvalue weighted by molar-refractivity contribution is 6.03. The van der Waals surface area contributed by atoms with Crippen LogP contribution in [0.2, 0.25) is 0 Å². The van der Waals surface area contributed by atoms with Crippen LogP contribution in [0.25, 0.3) is 0 Å². The van der Waals surface area contributed by atoms with Crippen LogP contribution in [0, 0.1) is 5.41 Å². The van der Waals surface area contributed by atoms with Crippen molar-refractivity contribution in [2.45, 2.75) is 39.7 Å². The molecule has 0 aromatic heterocycles. The van der Waals surface area contributed by atoms with Gasteiger partial charge >= 0.3 is 5.97 Å². The van der Waals surface area contributed by atoms with Gasteiger partial charge in [-0.05, 0) is 11.8 Å². The number of carbonyl (C=O) groups excluding carboxylic acids is 2. The molecule has 0 amide bonds. The SMILES string of the molecule is CC(C)(C)CC1OC(=O)CC1=O. The van der Waals surface area contributed by atoms with Gasteiger partial charge in [-0.2, -0.15) is 0 Å². The van der Waals surface area contributed by atoms with Crippen molar-refractivity contribution in [2.75, 3.05) is 0 Å². The van der Waals surface area contributed by atoms with E-state index in [1.165, 1.54) is 0 Å². The Morgan fingerprint density at radius 2 is 2.00 bits per heavy atom. The second-order valence-corrected chi connectivity index (χ2v) is 4.39. The van der Waals surface area contributed by atoms with Gasteiger partial charge in [-0.25, -0.2) is 0 Å². The molecule has 3 heteroatoms. The van der Waals surface area contributed by atoms with E-state index in [-0.39, 0.29) is 23.6 Å². The maximum absolute atomic E-state index is 11.1. The summed E-state index contributed by atoms with van der Waals surface area (Å²) in [5, 5.41) is 0. The summed E-state index contributed by atoms with van der Waals surface area (Å²) < 4.78 is 4.86. The van der Waals surface area contributed by atoms with E-state index >= 15 is 0 Å². The van der Waals surface area contributed by atoms with Gasteiger partial charge in [0.1, 0.15) is 6.42 Å². The molecule has 12 heavy (non-hydrogen) atoms. The third-order valence-corrected chi connectivity index (χ3v) is 1.75. The molecule has 1 rings (SSSR count). The molecule has 68 valence electrons. The zero-order valence-corrected chi connectivity index (χ0v) is 7.72. The zero-order valence-electron chi connectivity index (χ0n) is 7.72. The molecule has 0 bridgehead atoms. The van der Waals surface area contributed by atoms with Crippen LogP contribution in [-0.4, -0.2) is 17.9 Å². The minimum atomic E-state index is -0.488. The van der Waals surface area contributed by atoms with Crippen molar-refractivity contribution in [1.29, 1.82) is 0 Å². The summed E-state index contributed by atoms with van der Waals surface area (Å²) in [6, 6.07) is 0. The van der Waals surface area contributed by atoms with Gasteiger partial charge in [0, 0.05) is 0 Å². The Labute approximate surface area is 72.1 Å². The lowest BCUT2D eigenvalue weighted by molar-refractivity contribution is -0.143. The van der Waals surface area contributed by atoms with Gasteiger partial charge in [-0.3, -0.25) is 9.59 Å². The molecule has 1 atom stereocenters. The fourth-order valence-corrected chi connectivity index (χ4v) is 1.23. The average molecular weight is 170 g/mol. The Morgan fingerprint density at radius 1 is 1.42 bits per heavy atom. The summed E-state index contributed by atoms with van der Waals surface area (Å²) in [7, 11) is 0. The van der Waals surface area contributed by atoms with Gasteiger partial charge in [0.05, 0.1) is 0 Å². The molecule has 0 saturated carbocycles. The van der Waals surface area contributed by atoms with Crippen molar-refractivity contribution >= 4 is 11.8 Å². The maximum atomic E-state index is 11.1. The van der Waals surface area contributed by atoms with Crippen LogP contribution >= 0.6 is 0 Å². The Hall–Kier alpha value is -0.860. The monoisotopic (exact) mass is 170 g/mol. The van der Waals surface area contributed by atoms with Gasteiger partial charge in [0.2, 0.25) is 0 Å². The number of cyclic esters (lactones) is 1. The summed E-state index contributed by atoms with van der Waals surface area (Å²) in [5.41, 5.74) is 0.0327. The summed E-state index contributed by atoms with van der Waals surface area (Å²) in [6.45, 7) is 6.06. The molecule has 1 fully saturated rings. The minimum absolute atomic E-state index is 0.0327. The molecule has 0 aromatic carbocycles. The molecule has 1 heterocycles. The highest BCUT2D eigenvalue weighted by Crippen LogP contribution is 2.26. The molecule has 1 aliphatic rings. The number of Topliss-reactive ketones (excluding diaryl/α,β-unsaturated/α-hetero) is 1. The van der Waals surface area contributed by atoms with Gasteiger partial charge < -0.3 is 4.74 Å². The van der Waals surface area contributed by atoms with Crippen LogP contribution < -0.4 is 0 Å². The predicted octanol–water partition coefficient (Wildman–Crippen LogP) is 1.31. The molecule has 0 N–H and O–H groups in total. The smallest absolute Gasteiger partial charge is 0.314 e. The molecule has 1 saturated heterocycles. The van der Waals surface area contributed by atoms with Crippen LogP contribution in [0.5, 0.6) is 0 Å². The third-order valence-electron chi connectivity index (χ3n) is 1.75. The number of ether oxygens (including phenoxy) is 1. The number of hydrogen-bond donors (Lipinski definition) is 0. The number of hydrogen-bond acceptors (Lipinski definition) is 3. The van der Waals surface area contributed by atoms with Crippen molar-refractivity contribution in [1.82, 2.24) is 0 Å². The van der Waals surface area contributed by atoms with Crippen LogP contribution in [0.3, 0.4) is 0 Å². The second-order valence-electron chi connectivity index (χ2n) is 4.39. The van der Waals surface area contributed by atoms with E-state index in [0.29, 0.717) is 6.42 Å². The molecule has 0 aliphatic carbocycles. The first-order chi connectivity index (χ1) is 5.38. The van der Waals surface area contributed by atoms with E-state index in [4.69, 9.17) is 4.74 Å². The minimum Gasteiger partial charge on any atom is -0.454 e. The first-order valence-electron chi connectivity index (χ1n) is 4.11.